The molecule has 0 saturated carbocycles. The van der Waals surface area contributed by atoms with E-state index in [2.05, 4.69) is 5.32 Å². The van der Waals surface area contributed by atoms with E-state index in [-0.39, 0.29) is 31.0 Å². The number of aliphatic hydroxyl groups excluding tert-OH is 1. The minimum atomic E-state index is -1.01. The van der Waals surface area contributed by atoms with Gasteiger partial charge in [-0.1, -0.05) is 23.7 Å². The van der Waals surface area contributed by atoms with E-state index in [9.17, 15) is 9.59 Å². The summed E-state index contributed by atoms with van der Waals surface area (Å²) >= 11 is 5.96. The number of rotatable bonds is 9. The van der Waals surface area contributed by atoms with Crippen molar-refractivity contribution in [3.63, 3.8) is 0 Å². The number of halogens is 1. The summed E-state index contributed by atoms with van der Waals surface area (Å²) in [7, 11) is 1.47. The van der Waals surface area contributed by atoms with Gasteiger partial charge in [-0.15, -0.1) is 0 Å². The average molecular weight is 470 g/mol. The van der Waals surface area contributed by atoms with Gasteiger partial charge in [-0.25, -0.2) is 4.79 Å². The Balaban J connectivity index is 2.04. The minimum absolute atomic E-state index is 0.0347. The van der Waals surface area contributed by atoms with Crippen molar-refractivity contribution in [1.82, 2.24) is 14.5 Å². The molecule has 3 aromatic rings. The molecule has 0 saturated heterocycles. The van der Waals surface area contributed by atoms with Crippen LogP contribution in [-0.2, 0) is 20.1 Å². The number of hydrogen-bond acceptors (Lipinski definition) is 7. The van der Waals surface area contributed by atoms with E-state index in [4.69, 9.17) is 32.4 Å². The number of nitriles is 1. The zero-order valence-electron chi connectivity index (χ0n) is 18.0. The first-order chi connectivity index (χ1) is 15.8. The fourth-order valence-electron chi connectivity index (χ4n) is 3.24. The lowest BCUT2D eigenvalue weighted by Crippen LogP contribution is -2.45. The first kappa shape index (κ1) is 24.1. The summed E-state index contributed by atoms with van der Waals surface area (Å²) in [6.07, 6.45) is -0.772. The fourth-order valence-corrected chi connectivity index (χ4v) is 3.36. The Morgan fingerprint density at radius 2 is 1.85 bits per heavy atom. The van der Waals surface area contributed by atoms with E-state index in [1.807, 2.05) is 18.2 Å². The van der Waals surface area contributed by atoms with Crippen LogP contribution >= 0.6 is 11.6 Å². The van der Waals surface area contributed by atoms with Crippen LogP contribution in [0.15, 0.2) is 58.1 Å². The largest absolute Gasteiger partial charge is 0.471 e. The van der Waals surface area contributed by atoms with Crippen molar-refractivity contribution in [3.8, 4) is 11.8 Å². The molecule has 1 atom stereocenters. The molecule has 0 radical (unpaired) electrons. The van der Waals surface area contributed by atoms with E-state index < -0.39 is 17.5 Å². The lowest BCUT2D eigenvalue weighted by atomic mass is 10.2. The van der Waals surface area contributed by atoms with Gasteiger partial charge in [-0.05, 0) is 48.4 Å². The molecule has 0 fully saturated rings. The molecular weight excluding hydrogens is 446 g/mol. The van der Waals surface area contributed by atoms with Crippen LogP contribution in [0.3, 0.4) is 0 Å². The molecule has 3 rings (SSSR count). The summed E-state index contributed by atoms with van der Waals surface area (Å²) < 4.78 is 8.26. The Bertz CT molecular complexity index is 1260. The molecule has 4 N–H and O–H groups in total. The van der Waals surface area contributed by atoms with Crippen molar-refractivity contribution in [2.24, 2.45) is 7.05 Å². The molecule has 33 heavy (non-hydrogen) atoms. The van der Waals surface area contributed by atoms with Gasteiger partial charge in [0.2, 0.25) is 0 Å². The van der Waals surface area contributed by atoms with Gasteiger partial charge in [0.25, 0.3) is 5.56 Å². The average Bonchev–Trinajstić information content (AvgIpc) is 2.82. The van der Waals surface area contributed by atoms with Crippen LogP contribution in [0, 0.1) is 11.3 Å². The van der Waals surface area contributed by atoms with Crippen LogP contribution in [0.25, 0.3) is 0 Å². The Morgan fingerprint density at radius 1 is 1.18 bits per heavy atom. The molecule has 0 bridgehead atoms. The summed E-state index contributed by atoms with van der Waals surface area (Å²) in [5, 5.41) is 22.0. The SMILES string of the molecule is Cn1c(N)c([C@H](NCc2ccc(Cl)cc2)Oc2ccc(C#N)cc2)c(=O)n(CCCO)c1=O. The van der Waals surface area contributed by atoms with E-state index in [1.54, 1.807) is 36.4 Å². The second kappa shape index (κ2) is 10.8. The second-order valence-corrected chi connectivity index (χ2v) is 7.75. The maximum absolute atomic E-state index is 13.3. The molecule has 2 aromatic carbocycles. The van der Waals surface area contributed by atoms with Gasteiger partial charge >= 0.3 is 5.69 Å². The Hall–Kier alpha value is -3.58. The molecule has 1 heterocycles. The molecule has 172 valence electrons. The van der Waals surface area contributed by atoms with Gasteiger partial charge in [0.1, 0.15) is 17.1 Å². The lowest BCUT2D eigenvalue weighted by molar-refractivity contribution is 0.161. The number of nitrogen functional groups attached to an aromatic ring is 1. The molecule has 0 spiro atoms. The topological polar surface area (TPSA) is 135 Å². The third-order valence-electron chi connectivity index (χ3n) is 5.07. The number of aromatic nitrogens is 2. The Labute approximate surface area is 195 Å². The lowest BCUT2D eigenvalue weighted by Gasteiger charge is -2.23. The predicted octanol–water partition coefficient (Wildman–Crippen LogP) is 1.90. The molecule has 0 aliphatic heterocycles. The predicted molar refractivity (Wildman–Crippen MR) is 125 cm³/mol. The highest BCUT2D eigenvalue weighted by Crippen LogP contribution is 2.22. The molecule has 0 aliphatic rings. The monoisotopic (exact) mass is 469 g/mol. The number of anilines is 1. The van der Waals surface area contributed by atoms with Gasteiger partial charge in [0.15, 0.2) is 6.23 Å². The van der Waals surface area contributed by atoms with Crippen LogP contribution in [0.4, 0.5) is 5.82 Å². The van der Waals surface area contributed by atoms with Crippen molar-refractivity contribution >= 4 is 17.4 Å². The van der Waals surface area contributed by atoms with Gasteiger partial charge in [0, 0.05) is 31.8 Å². The molecule has 9 nitrogen and oxygen atoms in total. The van der Waals surface area contributed by atoms with E-state index in [0.717, 1.165) is 10.1 Å². The quantitative estimate of drug-likeness (QED) is 0.407. The zero-order chi connectivity index (χ0) is 24.0. The first-order valence-corrected chi connectivity index (χ1v) is 10.6. The second-order valence-electron chi connectivity index (χ2n) is 7.32. The van der Waals surface area contributed by atoms with Crippen LogP contribution in [0.5, 0.6) is 5.75 Å². The summed E-state index contributed by atoms with van der Waals surface area (Å²) in [6, 6.07) is 15.6. The maximum atomic E-state index is 13.3. The standard InChI is InChI=1S/C23H24ClN5O4/c1-28-20(26)19(22(31)29(23(28)32)11-2-12-30)21(27-14-16-3-7-17(24)8-4-16)33-18-9-5-15(13-25)6-10-18/h3-10,21,27,30H,2,11-12,14,26H2,1H3/t21-/m1/s1. The van der Waals surface area contributed by atoms with E-state index >= 15 is 0 Å². The highest BCUT2D eigenvalue weighted by Gasteiger charge is 2.25. The van der Waals surface area contributed by atoms with Crippen LogP contribution < -0.4 is 27.0 Å². The van der Waals surface area contributed by atoms with Crippen LogP contribution in [0.1, 0.15) is 29.3 Å². The van der Waals surface area contributed by atoms with Crippen molar-refractivity contribution in [3.05, 3.63) is 91.1 Å². The van der Waals surface area contributed by atoms with Crippen LogP contribution in [-0.4, -0.2) is 20.8 Å². The summed E-state index contributed by atoms with van der Waals surface area (Å²) in [4.78, 5) is 25.9. The number of ether oxygens (including phenoxy) is 1. The number of nitrogens with one attached hydrogen (secondary N) is 1. The zero-order valence-corrected chi connectivity index (χ0v) is 18.7. The molecule has 0 amide bonds. The fraction of sp³-hybridized carbons (Fsp3) is 0.261. The minimum Gasteiger partial charge on any atom is -0.471 e. The Morgan fingerprint density at radius 3 is 2.45 bits per heavy atom. The number of benzene rings is 2. The number of nitrogens with zero attached hydrogens (tertiary/aromatic N) is 3. The summed E-state index contributed by atoms with van der Waals surface area (Å²) in [5.74, 6) is 0.365. The van der Waals surface area contributed by atoms with Gasteiger partial charge < -0.3 is 15.6 Å². The van der Waals surface area contributed by atoms with Crippen molar-refractivity contribution in [2.45, 2.75) is 25.7 Å². The van der Waals surface area contributed by atoms with E-state index in [1.165, 1.54) is 11.6 Å². The van der Waals surface area contributed by atoms with Gasteiger partial charge in [-0.2, -0.15) is 5.26 Å². The third kappa shape index (κ3) is 5.62. The number of nitrogens with two attached hydrogens (primary N) is 1. The highest BCUT2D eigenvalue weighted by molar-refractivity contribution is 6.30. The smallest absolute Gasteiger partial charge is 0.332 e. The first-order valence-electron chi connectivity index (χ1n) is 10.2. The third-order valence-corrected chi connectivity index (χ3v) is 5.33. The Kier molecular flexibility index (Phi) is 7.90. The van der Waals surface area contributed by atoms with E-state index in [0.29, 0.717) is 22.9 Å². The maximum Gasteiger partial charge on any atom is 0.332 e. The van der Waals surface area contributed by atoms with Crippen molar-refractivity contribution in [2.75, 3.05) is 12.3 Å². The number of hydrogen-bond donors (Lipinski definition) is 3. The van der Waals surface area contributed by atoms with Gasteiger partial charge in [-0.3, -0.25) is 19.2 Å². The molecule has 10 heteroatoms. The van der Waals surface area contributed by atoms with Crippen molar-refractivity contribution in [1.29, 1.82) is 5.26 Å². The van der Waals surface area contributed by atoms with Gasteiger partial charge in [0.05, 0.1) is 11.6 Å². The summed E-state index contributed by atoms with van der Waals surface area (Å²) in [5.41, 5.74) is 6.41. The highest BCUT2D eigenvalue weighted by atomic mass is 35.5. The van der Waals surface area contributed by atoms with Crippen molar-refractivity contribution < 1.29 is 9.84 Å². The molecule has 0 aliphatic carbocycles. The number of aliphatic hydroxyl groups is 1. The molecule has 1 aromatic heterocycles. The molecular formula is C23H24ClN5O4. The van der Waals surface area contributed by atoms with Crippen LogP contribution in [0.2, 0.25) is 5.02 Å². The molecule has 0 unspecified atom stereocenters. The summed E-state index contributed by atoms with van der Waals surface area (Å²) in [6.45, 7) is 0.182. The normalized spacial score (nSPS) is 11.7.